The molecule has 11 atom stereocenters. The van der Waals surface area contributed by atoms with Gasteiger partial charge in [0.25, 0.3) is 0 Å². The lowest BCUT2D eigenvalue weighted by Gasteiger charge is -2.63. The molecule has 0 amide bonds. The topological polar surface area (TPSA) is 149 Å². The van der Waals surface area contributed by atoms with Crippen LogP contribution >= 0.6 is 0 Å². The number of rotatable bonds is 13. The van der Waals surface area contributed by atoms with Gasteiger partial charge in [0, 0.05) is 19.3 Å². The van der Waals surface area contributed by atoms with Crippen LogP contribution in [0.25, 0.3) is 0 Å². The summed E-state index contributed by atoms with van der Waals surface area (Å²) in [6, 6.07) is 0. The zero-order valence-corrected chi connectivity index (χ0v) is 29.4. The molecule has 5 rings (SSSR count). The van der Waals surface area contributed by atoms with Crippen LogP contribution in [0.3, 0.4) is 0 Å². The minimum absolute atomic E-state index is 0.00383. The Labute approximate surface area is 275 Å². The predicted octanol–water partition coefficient (Wildman–Crippen LogP) is 8.23. The van der Waals surface area contributed by atoms with E-state index in [4.69, 9.17) is 0 Å². The third kappa shape index (κ3) is 5.30. The number of aliphatic carboxylic acids is 4. The minimum atomic E-state index is -0.920. The summed E-state index contributed by atoms with van der Waals surface area (Å²) in [6.07, 6.45) is 10.4. The van der Waals surface area contributed by atoms with Crippen LogP contribution in [-0.2, 0) is 19.2 Å². The van der Waals surface area contributed by atoms with Gasteiger partial charge in [0.05, 0.1) is 6.42 Å². The highest BCUT2D eigenvalue weighted by atomic mass is 16.4. The molecule has 46 heavy (non-hydrogen) atoms. The first-order valence-electron chi connectivity index (χ1n) is 18.0. The lowest BCUT2D eigenvalue weighted by atomic mass is 9.41. The summed E-state index contributed by atoms with van der Waals surface area (Å²) in [7, 11) is 0. The number of hydrogen-bond acceptors (Lipinski definition) is 4. The number of fused-ring (bicyclic) bond motifs is 2. The van der Waals surface area contributed by atoms with Crippen molar-refractivity contribution in [3.8, 4) is 0 Å². The Balaban J connectivity index is 1.41. The highest BCUT2D eigenvalue weighted by Gasteiger charge is 2.82. The average Bonchev–Trinajstić information content (AvgIpc) is 3.51. The Morgan fingerprint density at radius 3 is 1.93 bits per heavy atom. The molecule has 4 N–H and O–H groups in total. The fourth-order valence-corrected chi connectivity index (χ4v) is 14.0. The lowest BCUT2D eigenvalue weighted by Crippen LogP contribution is -2.57. The van der Waals surface area contributed by atoms with Gasteiger partial charge >= 0.3 is 23.9 Å². The van der Waals surface area contributed by atoms with Crippen molar-refractivity contribution in [3.05, 3.63) is 0 Å². The highest BCUT2D eigenvalue weighted by molar-refractivity contribution is 5.69. The van der Waals surface area contributed by atoms with Crippen molar-refractivity contribution in [2.75, 3.05) is 0 Å². The van der Waals surface area contributed by atoms with Crippen LogP contribution in [0.4, 0.5) is 0 Å². The summed E-state index contributed by atoms with van der Waals surface area (Å²) in [4.78, 5) is 47.5. The van der Waals surface area contributed by atoms with Crippen LogP contribution in [0.5, 0.6) is 0 Å². The Hall–Kier alpha value is -2.12. The molecule has 8 heteroatoms. The Morgan fingerprint density at radius 1 is 0.739 bits per heavy atom. The zero-order chi connectivity index (χ0) is 34.3. The van der Waals surface area contributed by atoms with Gasteiger partial charge in [0.1, 0.15) is 0 Å². The smallest absolute Gasteiger partial charge is 0.303 e. The van der Waals surface area contributed by atoms with E-state index in [1.54, 1.807) is 0 Å². The first-order valence-corrected chi connectivity index (χ1v) is 18.0. The summed E-state index contributed by atoms with van der Waals surface area (Å²) >= 11 is 0. The normalized spacial score (nSPS) is 42.0. The van der Waals surface area contributed by atoms with Gasteiger partial charge < -0.3 is 20.4 Å². The molecule has 0 heterocycles. The first kappa shape index (κ1) is 35.2. The fourth-order valence-electron chi connectivity index (χ4n) is 14.0. The first-order chi connectivity index (χ1) is 21.2. The van der Waals surface area contributed by atoms with Crippen LogP contribution in [0.1, 0.15) is 138 Å². The molecule has 5 aliphatic rings. The summed E-state index contributed by atoms with van der Waals surface area (Å²) in [5, 5.41) is 39.0. The summed E-state index contributed by atoms with van der Waals surface area (Å²) in [5.74, 6) is -1.83. The molecular weight excluding hydrogens is 584 g/mol. The largest absolute Gasteiger partial charge is 0.481 e. The standard InChI is InChI=1S/C38H60O8/c1-22(8-9-24(17-29(41)42)33(2,3)20-31(45)46)32-23(16-28(39)40)19-36(7)27-11-10-26-34(4,5)25(18-30(43)44)12-13-37(26)21-38(27,37)15-14-35(32,36)6/h22-27,32H,8-21H2,1-7H3,(H,39,40)(H,41,42)(H,43,44)(H,45,46)/t22-,23?,24?,25?,26+,27+,32+,35-,36+,37-,38+/m1/s1. The van der Waals surface area contributed by atoms with Crippen LogP contribution in [0.15, 0.2) is 0 Å². The molecule has 0 aromatic carbocycles. The van der Waals surface area contributed by atoms with Crippen molar-refractivity contribution in [3.63, 3.8) is 0 Å². The van der Waals surface area contributed by atoms with Crippen molar-refractivity contribution < 1.29 is 39.6 Å². The Bertz CT molecular complexity index is 1250. The molecule has 5 fully saturated rings. The molecule has 5 aliphatic carbocycles. The number of carboxylic acid groups (broad SMARTS) is 4. The highest BCUT2D eigenvalue weighted by Crippen LogP contribution is 2.89. The number of hydrogen-bond donors (Lipinski definition) is 4. The molecule has 0 saturated heterocycles. The van der Waals surface area contributed by atoms with E-state index in [9.17, 15) is 39.6 Å². The third-order valence-electron chi connectivity index (χ3n) is 16.1. The third-order valence-corrected chi connectivity index (χ3v) is 16.1. The van der Waals surface area contributed by atoms with Crippen LogP contribution in [0, 0.1) is 73.9 Å². The second-order valence-corrected chi connectivity index (χ2v) is 18.7. The Kier molecular flexibility index (Phi) is 8.80. The van der Waals surface area contributed by atoms with Crippen molar-refractivity contribution in [1.29, 1.82) is 0 Å². The van der Waals surface area contributed by atoms with E-state index in [0.29, 0.717) is 18.3 Å². The predicted molar refractivity (Wildman–Crippen MR) is 174 cm³/mol. The number of carbonyl (C=O) groups is 4. The second kappa shape index (κ2) is 11.5. The van der Waals surface area contributed by atoms with E-state index >= 15 is 0 Å². The SMILES string of the molecule is C[C@H](CCC(CC(=O)O)C(C)(C)CC(=O)O)[C@H]1C(CC(=O)O)C[C@@]2(C)[C@@H]3CC[C@H]4C(C)(C)C(CC(=O)O)CC[C@@]45C[C@@]35CC[C@]12C. The lowest BCUT2D eigenvalue weighted by molar-refractivity contribution is -0.157. The molecule has 8 nitrogen and oxygen atoms in total. The fraction of sp³-hybridized carbons (Fsp3) is 0.895. The molecule has 2 spiro atoms. The van der Waals surface area contributed by atoms with Crippen molar-refractivity contribution in [1.82, 2.24) is 0 Å². The molecule has 5 saturated carbocycles. The maximum Gasteiger partial charge on any atom is 0.303 e. The molecule has 0 aromatic rings. The van der Waals surface area contributed by atoms with E-state index in [1.165, 1.54) is 6.42 Å². The molecule has 3 unspecified atom stereocenters. The van der Waals surface area contributed by atoms with E-state index in [-0.39, 0.29) is 82.3 Å². The zero-order valence-electron chi connectivity index (χ0n) is 29.4. The van der Waals surface area contributed by atoms with Gasteiger partial charge in [0.2, 0.25) is 0 Å². The van der Waals surface area contributed by atoms with Crippen LogP contribution in [-0.4, -0.2) is 44.3 Å². The number of carboxylic acids is 4. The quantitative estimate of drug-likeness (QED) is 0.157. The molecule has 0 aromatic heterocycles. The summed E-state index contributed by atoms with van der Waals surface area (Å²) in [6.45, 7) is 15.6. The van der Waals surface area contributed by atoms with Crippen LogP contribution < -0.4 is 0 Å². The van der Waals surface area contributed by atoms with Crippen molar-refractivity contribution >= 4 is 23.9 Å². The van der Waals surface area contributed by atoms with E-state index in [1.807, 2.05) is 13.8 Å². The van der Waals surface area contributed by atoms with Gasteiger partial charge in [-0.3, -0.25) is 19.2 Å². The van der Waals surface area contributed by atoms with Crippen molar-refractivity contribution in [2.24, 2.45) is 73.9 Å². The second-order valence-electron chi connectivity index (χ2n) is 18.7. The van der Waals surface area contributed by atoms with Gasteiger partial charge in [0.15, 0.2) is 0 Å². The molecule has 0 aliphatic heterocycles. The minimum Gasteiger partial charge on any atom is -0.481 e. The van der Waals surface area contributed by atoms with Gasteiger partial charge in [-0.25, -0.2) is 0 Å². The monoisotopic (exact) mass is 644 g/mol. The molecule has 0 bridgehead atoms. The maximum atomic E-state index is 12.3. The van der Waals surface area contributed by atoms with Gasteiger partial charge in [-0.2, -0.15) is 0 Å². The molecular formula is C38H60O8. The molecule has 0 radical (unpaired) electrons. The molecule has 260 valence electrons. The van der Waals surface area contributed by atoms with Gasteiger partial charge in [-0.15, -0.1) is 0 Å². The Morgan fingerprint density at radius 2 is 1.35 bits per heavy atom. The van der Waals surface area contributed by atoms with E-state index in [0.717, 1.165) is 51.4 Å². The average molecular weight is 645 g/mol. The van der Waals surface area contributed by atoms with E-state index in [2.05, 4.69) is 34.6 Å². The van der Waals surface area contributed by atoms with Gasteiger partial charge in [-0.05, 0) is 132 Å². The maximum absolute atomic E-state index is 12.3. The van der Waals surface area contributed by atoms with Crippen LogP contribution in [0.2, 0.25) is 0 Å². The van der Waals surface area contributed by atoms with Crippen molar-refractivity contribution in [2.45, 2.75) is 138 Å². The summed E-state index contributed by atoms with van der Waals surface area (Å²) in [5.41, 5.74) is -0.143. The van der Waals surface area contributed by atoms with Gasteiger partial charge in [-0.1, -0.05) is 54.9 Å². The summed E-state index contributed by atoms with van der Waals surface area (Å²) < 4.78 is 0. The van der Waals surface area contributed by atoms with E-state index < -0.39 is 29.3 Å².